The van der Waals surface area contributed by atoms with Gasteiger partial charge in [0.2, 0.25) is 0 Å². The molecule has 2 aliphatic rings. The minimum Gasteiger partial charge on any atom is -0.329 e. The largest absolute Gasteiger partial charge is 0.329 e. The van der Waals surface area contributed by atoms with Gasteiger partial charge in [-0.15, -0.1) is 0 Å². The average Bonchev–Trinajstić information content (AvgIpc) is 3.05. The number of likely N-dealkylation sites (N-methyl/N-ethyl adjacent to an activating group) is 1. The number of rotatable bonds is 3. The lowest BCUT2D eigenvalue weighted by Crippen LogP contribution is -2.24. The van der Waals surface area contributed by atoms with Gasteiger partial charge in [0.05, 0.1) is 0 Å². The highest BCUT2D eigenvalue weighted by atomic mass is 15.1. The molecule has 1 aromatic heterocycles. The molecule has 4 heteroatoms. The predicted molar refractivity (Wildman–Crippen MR) is 71.6 cm³/mol. The zero-order valence-electron chi connectivity index (χ0n) is 11.3. The van der Waals surface area contributed by atoms with Gasteiger partial charge in [0, 0.05) is 35.8 Å². The Morgan fingerprint density at radius 3 is 2.78 bits per heavy atom. The van der Waals surface area contributed by atoms with Crippen LogP contribution in [0, 0.1) is 6.92 Å². The van der Waals surface area contributed by atoms with Crippen molar-refractivity contribution < 1.29 is 0 Å². The highest BCUT2D eigenvalue weighted by Gasteiger charge is 2.46. The fourth-order valence-electron chi connectivity index (χ4n) is 2.89. The van der Waals surface area contributed by atoms with E-state index in [1.54, 1.807) is 0 Å². The third-order valence-corrected chi connectivity index (χ3v) is 4.40. The van der Waals surface area contributed by atoms with Gasteiger partial charge in [0.1, 0.15) is 5.82 Å². The first-order valence-corrected chi connectivity index (χ1v) is 6.88. The maximum atomic E-state index is 5.89. The molecule has 3 rings (SSSR count). The van der Waals surface area contributed by atoms with Gasteiger partial charge in [-0.05, 0) is 45.8 Å². The number of hydrogen-bond donors (Lipinski definition) is 1. The molecule has 1 aliphatic carbocycles. The molecule has 2 fully saturated rings. The number of likely N-dealkylation sites (tertiary alicyclic amines) is 1. The SMILES string of the molecule is Cc1cc(C2CCN(C)C2)nc(C2(CN)CC2)n1. The Hall–Kier alpha value is -1.00. The van der Waals surface area contributed by atoms with Crippen molar-refractivity contribution in [2.24, 2.45) is 5.73 Å². The molecule has 0 radical (unpaired) electrons. The lowest BCUT2D eigenvalue weighted by Gasteiger charge is -2.16. The van der Waals surface area contributed by atoms with E-state index in [2.05, 4.69) is 29.9 Å². The molecule has 2 N–H and O–H groups in total. The van der Waals surface area contributed by atoms with E-state index >= 15 is 0 Å². The lowest BCUT2D eigenvalue weighted by atomic mass is 10.0. The number of aryl methyl sites for hydroxylation is 1. The predicted octanol–water partition coefficient (Wildman–Crippen LogP) is 1.19. The van der Waals surface area contributed by atoms with Crippen molar-refractivity contribution in [3.05, 3.63) is 23.3 Å². The molecular formula is C14H22N4. The zero-order chi connectivity index (χ0) is 12.8. The van der Waals surface area contributed by atoms with Gasteiger partial charge in [0.15, 0.2) is 0 Å². The fraction of sp³-hybridized carbons (Fsp3) is 0.714. The van der Waals surface area contributed by atoms with E-state index in [1.807, 2.05) is 0 Å². The third-order valence-electron chi connectivity index (χ3n) is 4.40. The molecule has 98 valence electrons. The first-order chi connectivity index (χ1) is 8.63. The van der Waals surface area contributed by atoms with Crippen molar-refractivity contribution in [3.8, 4) is 0 Å². The first kappa shape index (κ1) is 12.1. The molecule has 4 nitrogen and oxygen atoms in total. The highest BCUT2D eigenvalue weighted by molar-refractivity contribution is 5.24. The number of nitrogens with two attached hydrogens (primary N) is 1. The molecule has 1 saturated heterocycles. The summed E-state index contributed by atoms with van der Waals surface area (Å²) in [4.78, 5) is 11.8. The quantitative estimate of drug-likeness (QED) is 0.870. The van der Waals surface area contributed by atoms with Gasteiger partial charge in [-0.2, -0.15) is 0 Å². The van der Waals surface area contributed by atoms with Crippen LogP contribution in [-0.4, -0.2) is 41.5 Å². The molecule has 1 aliphatic heterocycles. The van der Waals surface area contributed by atoms with Gasteiger partial charge in [-0.3, -0.25) is 0 Å². The molecule has 0 spiro atoms. The molecule has 0 amide bonds. The second-order valence-corrected chi connectivity index (χ2v) is 5.99. The molecule has 18 heavy (non-hydrogen) atoms. The summed E-state index contributed by atoms with van der Waals surface area (Å²) in [5.74, 6) is 1.57. The third kappa shape index (κ3) is 2.04. The summed E-state index contributed by atoms with van der Waals surface area (Å²) in [5.41, 5.74) is 8.30. The van der Waals surface area contributed by atoms with Gasteiger partial charge in [-0.25, -0.2) is 9.97 Å². The smallest absolute Gasteiger partial charge is 0.136 e. The molecule has 1 unspecified atom stereocenters. The maximum absolute atomic E-state index is 5.89. The van der Waals surface area contributed by atoms with Crippen LogP contribution in [0.15, 0.2) is 6.07 Å². The Labute approximate surface area is 109 Å². The fourth-order valence-corrected chi connectivity index (χ4v) is 2.89. The summed E-state index contributed by atoms with van der Waals surface area (Å²) < 4.78 is 0. The van der Waals surface area contributed by atoms with E-state index in [4.69, 9.17) is 10.7 Å². The Morgan fingerprint density at radius 1 is 1.44 bits per heavy atom. The van der Waals surface area contributed by atoms with Crippen LogP contribution in [0.25, 0.3) is 0 Å². The Bertz CT molecular complexity index is 453. The van der Waals surface area contributed by atoms with Crippen molar-refractivity contribution in [3.63, 3.8) is 0 Å². The monoisotopic (exact) mass is 246 g/mol. The summed E-state index contributed by atoms with van der Waals surface area (Å²) >= 11 is 0. The van der Waals surface area contributed by atoms with Crippen molar-refractivity contribution in [2.75, 3.05) is 26.7 Å². The first-order valence-electron chi connectivity index (χ1n) is 6.88. The second kappa shape index (κ2) is 4.28. The van der Waals surface area contributed by atoms with Crippen LogP contribution in [0.2, 0.25) is 0 Å². The highest BCUT2D eigenvalue weighted by Crippen LogP contribution is 2.45. The molecule has 0 bridgehead atoms. The van der Waals surface area contributed by atoms with Crippen LogP contribution in [0.3, 0.4) is 0 Å². The van der Waals surface area contributed by atoms with Gasteiger partial charge in [-0.1, -0.05) is 0 Å². The minimum absolute atomic E-state index is 0.102. The van der Waals surface area contributed by atoms with E-state index in [-0.39, 0.29) is 5.41 Å². The van der Waals surface area contributed by atoms with Crippen LogP contribution in [-0.2, 0) is 5.41 Å². The minimum atomic E-state index is 0.102. The normalized spacial score (nSPS) is 26.5. The van der Waals surface area contributed by atoms with Crippen molar-refractivity contribution in [1.82, 2.24) is 14.9 Å². The van der Waals surface area contributed by atoms with E-state index in [0.29, 0.717) is 12.5 Å². The topological polar surface area (TPSA) is 55.0 Å². The Kier molecular flexibility index (Phi) is 2.87. The zero-order valence-corrected chi connectivity index (χ0v) is 11.3. The summed E-state index contributed by atoms with van der Waals surface area (Å²) in [6.45, 7) is 5.04. The standard InChI is InChI=1S/C14H22N4/c1-10-7-12(11-3-6-18(2)8-11)17-13(16-10)14(9-15)4-5-14/h7,11H,3-6,8-9,15H2,1-2H3. The van der Waals surface area contributed by atoms with Crippen molar-refractivity contribution in [1.29, 1.82) is 0 Å². The van der Waals surface area contributed by atoms with E-state index in [0.717, 1.165) is 30.9 Å². The Morgan fingerprint density at radius 2 is 2.22 bits per heavy atom. The summed E-state index contributed by atoms with van der Waals surface area (Å²) in [6, 6.07) is 2.15. The molecule has 0 aromatic carbocycles. The van der Waals surface area contributed by atoms with E-state index in [1.165, 1.54) is 18.7 Å². The van der Waals surface area contributed by atoms with Crippen LogP contribution in [0.5, 0.6) is 0 Å². The molecule has 1 aromatic rings. The van der Waals surface area contributed by atoms with Gasteiger partial charge < -0.3 is 10.6 Å². The number of aromatic nitrogens is 2. The molecule has 2 heterocycles. The Balaban J connectivity index is 1.91. The average molecular weight is 246 g/mol. The summed E-state index contributed by atoms with van der Waals surface area (Å²) in [7, 11) is 2.18. The van der Waals surface area contributed by atoms with Crippen LogP contribution in [0.4, 0.5) is 0 Å². The van der Waals surface area contributed by atoms with Crippen molar-refractivity contribution in [2.45, 2.75) is 37.5 Å². The number of hydrogen-bond acceptors (Lipinski definition) is 4. The maximum Gasteiger partial charge on any atom is 0.136 e. The summed E-state index contributed by atoms with van der Waals surface area (Å²) in [5, 5.41) is 0. The van der Waals surface area contributed by atoms with E-state index in [9.17, 15) is 0 Å². The molecule has 1 atom stereocenters. The number of nitrogens with zero attached hydrogens (tertiary/aromatic N) is 3. The van der Waals surface area contributed by atoms with Gasteiger partial charge >= 0.3 is 0 Å². The summed E-state index contributed by atoms with van der Waals surface area (Å²) in [6.07, 6.45) is 3.51. The lowest BCUT2D eigenvalue weighted by molar-refractivity contribution is 0.410. The van der Waals surface area contributed by atoms with Crippen LogP contribution >= 0.6 is 0 Å². The molecular weight excluding hydrogens is 224 g/mol. The van der Waals surface area contributed by atoms with Crippen molar-refractivity contribution >= 4 is 0 Å². The van der Waals surface area contributed by atoms with Gasteiger partial charge in [0.25, 0.3) is 0 Å². The van der Waals surface area contributed by atoms with Crippen LogP contribution < -0.4 is 5.73 Å². The van der Waals surface area contributed by atoms with E-state index < -0.39 is 0 Å². The molecule has 1 saturated carbocycles. The van der Waals surface area contributed by atoms with Crippen LogP contribution in [0.1, 0.15) is 42.4 Å². The second-order valence-electron chi connectivity index (χ2n) is 5.99.